The van der Waals surface area contributed by atoms with Crippen LogP contribution in [0.3, 0.4) is 0 Å². The van der Waals surface area contributed by atoms with Crippen LogP contribution in [-0.2, 0) is 6.54 Å². The van der Waals surface area contributed by atoms with Crippen molar-refractivity contribution in [3.05, 3.63) is 30.4 Å². The van der Waals surface area contributed by atoms with Gasteiger partial charge in [-0.25, -0.2) is 4.98 Å². The second kappa shape index (κ2) is 5.07. The maximum absolute atomic E-state index is 8.69. The number of hydrogen-bond acceptors (Lipinski definition) is 5. The monoisotopic (exact) mass is 229 g/mol. The Morgan fingerprint density at radius 2 is 2.41 bits per heavy atom. The van der Waals surface area contributed by atoms with Gasteiger partial charge < -0.3 is 4.74 Å². The van der Waals surface area contributed by atoms with Gasteiger partial charge in [0.05, 0.1) is 12.4 Å². The minimum absolute atomic E-state index is 0.153. The van der Waals surface area contributed by atoms with Crippen molar-refractivity contribution in [2.75, 3.05) is 0 Å². The van der Waals surface area contributed by atoms with E-state index in [1.54, 1.807) is 17.1 Å². The van der Waals surface area contributed by atoms with Crippen LogP contribution in [0.1, 0.15) is 19.0 Å². The summed E-state index contributed by atoms with van der Waals surface area (Å²) in [6.45, 7) is 2.91. The maximum Gasteiger partial charge on any atom is 0.323 e. The summed E-state index contributed by atoms with van der Waals surface area (Å²) in [6, 6.07) is 3.60. The van der Waals surface area contributed by atoms with Gasteiger partial charge in [0, 0.05) is 12.7 Å². The lowest BCUT2D eigenvalue weighted by molar-refractivity contribution is 0.440. The molecule has 0 atom stereocenters. The van der Waals surface area contributed by atoms with E-state index in [0.717, 1.165) is 13.0 Å². The molecule has 0 fully saturated rings. The van der Waals surface area contributed by atoms with E-state index in [1.165, 1.54) is 12.3 Å². The molecule has 0 aromatic carbocycles. The number of nitrogens with zero attached hydrogens (tertiary/aromatic N) is 5. The predicted octanol–water partition coefficient (Wildman–Crippen LogP) is 1.75. The fraction of sp³-hybridized carbons (Fsp3) is 0.273. The van der Waals surface area contributed by atoms with E-state index in [0.29, 0.717) is 5.75 Å². The summed E-state index contributed by atoms with van der Waals surface area (Å²) < 4.78 is 7.17. The van der Waals surface area contributed by atoms with Crippen LogP contribution in [-0.4, -0.2) is 19.7 Å². The van der Waals surface area contributed by atoms with Gasteiger partial charge in [-0.1, -0.05) is 6.92 Å². The molecular formula is C11H11N5O. The molecule has 0 unspecified atom stereocenters. The van der Waals surface area contributed by atoms with Crippen LogP contribution in [0.15, 0.2) is 24.7 Å². The molecule has 0 aliphatic rings. The Labute approximate surface area is 98.5 Å². The lowest BCUT2D eigenvalue weighted by atomic mass is 10.4. The fourth-order valence-corrected chi connectivity index (χ4v) is 1.31. The van der Waals surface area contributed by atoms with Crippen molar-refractivity contribution < 1.29 is 4.74 Å². The zero-order chi connectivity index (χ0) is 12.1. The molecule has 0 saturated heterocycles. The molecule has 0 radical (unpaired) electrons. The molecule has 0 spiro atoms. The van der Waals surface area contributed by atoms with Gasteiger partial charge in [0.25, 0.3) is 0 Å². The molecule has 2 aromatic heterocycles. The van der Waals surface area contributed by atoms with Crippen LogP contribution in [0.5, 0.6) is 11.8 Å². The standard InChI is InChI=1S/C11H11N5O/c1-2-5-16-8-10(7-14-16)17-11-13-4-3-9(6-12)15-11/h3-4,7-8H,2,5H2,1H3. The molecule has 0 aliphatic heterocycles. The van der Waals surface area contributed by atoms with Crippen LogP contribution in [0.2, 0.25) is 0 Å². The highest BCUT2D eigenvalue weighted by Gasteiger charge is 2.04. The number of hydrogen-bond donors (Lipinski definition) is 0. The van der Waals surface area contributed by atoms with E-state index in [4.69, 9.17) is 10.00 Å². The highest BCUT2D eigenvalue weighted by molar-refractivity contribution is 5.22. The smallest absolute Gasteiger partial charge is 0.323 e. The van der Waals surface area contributed by atoms with Gasteiger partial charge >= 0.3 is 6.01 Å². The van der Waals surface area contributed by atoms with Crippen LogP contribution in [0.4, 0.5) is 0 Å². The van der Waals surface area contributed by atoms with Crippen LogP contribution in [0, 0.1) is 11.3 Å². The Morgan fingerprint density at radius 1 is 1.53 bits per heavy atom. The zero-order valence-electron chi connectivity index (χ0n) is 9.37. The minimum atomic E-state index is 0.153. The van der Waals surface area contributed by atoms with Gasteiger partial charge in [-0.05, 0) is 12.5 Å². The van der Waals surface area contributed by atoms with Crippen molar-refractivity contribution in [1.29, 1.82) is 5.26 Å². The third kappa shape index (κ3) is 2.78. The molecule has 17 heavy (non-hydrogen) atoms. The summed E-state index contributed by atoms with van der Waals surface area (Å²) in [7, 11) is 0. The first-order valence-electron chi connectivity index (χ1n) is 5.25. The summed E-state index contributed by atoms with van der Waals surface area (Å²) in [6.07, 6.45) is 5.85. The second-order valence-electron chi connectivity index (χ2n) is 3.38. The third-order valence-electron chi connectivity index (χ3n) is 2.02. The van der Waals surface area contributed by atoms with Crippen molar-refractivity contribution in [2.45, 2.75) is 19.9 Å². The number of rotatable bonds is 4. The lowest BCUT2D eigenvalue weighted by Gasteiger charge is -1.99. The van der Waals surface area contributed by atoms with E-state index in [1.807, 2.05) is 6.07 Å². The fourth-order valence-electron chi connectivity index (χ4n) is 1.31. The summed E-state index contributed by atoms with van der Waals surface area (Å²) in [5, 5.41) is 12.8. The molecule has 0 amide bonds. The SMILES string of the molecule is CCCn1cc(Oc2nccc(C#N)n2)cn1. The van der Waals surface area contributed by atoms with Crippen LogP contribution in [0.25, 0.3) is 0 Å². The second-order valence-corrected chi connectivity index (χ2v) is 3.38. The van der Waals surface area contributed by atoms with E-state index >= 15 is 0 Å². The normalized spacial score (nSPS) is 9.88. The minimum Gasteiger partial charge on any atom is -0.421 e. The first-order valence-corrected chi connectivity index (χ1v) is 5.25. The first-order chi connectivity index (χ1) is 8.31. The van der Waals surface area contributed by atoms with Gasteiger partial charge in [-0.15, -0.1) is 0 Å². The van der Waals surface area contributed by atoms with E-state index in [9.17, 15) is 0 Å². The molecule has 0 saturated carbocycles. The van der Waals surface area contributed by atoms with Crippen molar-refractivity contribution >= 4 is 0 Å². The van der Waals surface area contributed by atoms with Gasteiger partial charge in [-0.2, -0.15) is 15.3 Å². The lowest BCUT2D eigenvalue weighted by Crippen LogP contribution is -1.96. The van der Waals surface area contributed by atoms with Gasteiger partial charge in [0.1, 0.15) is 11.8 Å². The van der Waals surface area contributed by atoms with Crippen molar-refractivity contribution in [1.82, 2.24) is 19.7 Å². The Balaban J connectivity index is 2.11. The zero-order valence-corrected chi connectivity index (χ0v) is 9.37. The van der Waals surface area contributed by atoms with E-state index in [2.05, 4.69) is 22.0 Å². The van der Waals surface area contributed by atoms with Gasteiger partial charge in [0.2, 0.25) is 0 Å². The highest BCUT2D eigenvalue weighted by atomic mass is 16.5. The Kier molecular flexibility index (Phi) is 3.31. The summed E-state index contributed by atoms with van der Waals surface area (Å²) >= 11 is 0. The van der Waals surface area contributed by atoms with Crippen LogP contribution >= 0.6 is 0 Å². The van der Waals surface area contributed by atoms with E-state index < -0.39 is 0 Å². The Bertz CT molecular complexity index is 543. The van der Waals surface area contributed by atoms with Crippen LogP contribution < -0.4 is 4.74 Å². The number of ether oxygens (including phenoxy) is 1. The predicted molar refractivity (Wildman–Crippen MR) is 59.3 cm³/mol. The van der Waals surface area contributed by atoms with E-state index in [-0.39, 0.29) is 11.7 Å². The van der Waals surface area contributed by atoms with Crippen molar-refractivity contribution in [3.8, 4) is 17.8 Å². The largest absolute Gasteiger partial charge is 0.421 e. The third-order valence-corrected chi connectivity index (χ3v) is 2.02. The molecule has 6 nitrogen and oxygen atoms in total. The maximum atomic E-state index is 8.69. The highest BCUT2D eigenvalue weighted by Crippen LogP contribution is 2.16. The first kappa shape index (κ1) is 11.1. The number of aryl methyl sites for hydroxylation is 1. The summed E-state index contributed by atoms with van der Waals surface area (Å²) in [5.41, 5.74) is 0.274. The molecule has 0 aliphatic carbocycles. The average molecular weight is 229 g/mol. The Hall–Kier alpha value is -2.42. The Morgan fingerprint density at radius 3 is 3.18 bits per heavy atom. The summed E-state index contributed by atoms with van der Waals surface area (Å²) in [4.78, 5) is 7.83. The molecule has 6 heteroatoms. The topological polar surface area (TPSA) is 76.6 Å². The molecular weight excluding hydrogens is 218 g/mol. The molecule has 2 aromatic rings. The molecule has 0 bridgehead atoms. The van der Waals surface area contributed by atoms with Gasteiger partial charge in [0.15, 0.2) is 5.75 Å². The quantitative estimate of drug-likeness (QED) is 0.798. The average Bonchev–Trinajstić information content (AvgIpc) is 2.77. The number of nitriles is 1. The molecule has 2 rings (SSSR count). The van der Waals surface area contributed by atoms with Crippen molar-refractivity contribution in [2.24, 2.45) is 0 Å². The number of aromatic nitrogens is 4. The molecule has 86 valence electrons. The molecule has 0 N–H and O–H groups in total. The van der Waals surface area contributed by atoms with Gasteiger partial charge in [-0.3, -0.25) is 4.68 Å². The van der Waals surface area contributed by atoms with Crippen molar-refractivity contribution in [3.63, 3.8) is 0 Å². The summed E-state index contributed by atoms with van der Waals surface area (Å²) in [5.74, 6) is 0.563. The molecule has 2 heterocycles.